The molecule has 0 bridgehead atoms. The van der Waals surface area contributed by atoms with E-state index in [1.54, 1.807) is 13.8 Å². The molecule has 0 aliphatic heterocycles. The maximum atomic E-state index is 11.9. The summed E-state index contributed by atoms with van der Waals surface area (Å²) in [6.07, 6.45) is 1.52. The first-order valence-corrected chi connectivity index (χ1v) is 7.79. The van der Waals surface area contributed by atoms with Gasteiger partial charge in [-0.05, 0) is 35.8 Å². The monoisotopic (exact) mass is 316 g/mol. The third-order valence-corrected chi connectivity index (χ3v) is 5.48. The Kier molecular flexibility index (Phi) is 3.32. The summed E-state index contributed by atoms with van der Waals surface area (Å²) < 4.78 is 30.0. The van der Waals surface area contributed by atoms with Crippen molar-refractivity contribution in [1.82, 2.24) is 0 Å². The molecule has 0 N–H and O–H groups in total. The number of rotatable bonds is 3. The fourth-order valence-corrected chi connectivity index (χ4v) is 3.02. The second-order valence-electron chi connectivity index (χ2n) is 4.23. The summed E-state index contributed by atoms with van der Waals surface area (Å²) in [5.41, 5.74) is 1.41. The highest BCUT2D eigenvalue weighted by Crippen LogP contribution is 2.29. The molecule has 3 nitrogen and oxygen atoms in total. The quantitative estimate of drug-likeness (QED) is 0.870. The zero-order valence-corrected chi connectivity index (χ0v) is 12.0. The van der Waals surface area contributed by atoms with Crippen molar-refractivity contribution in [1.29, 1.82) is 0 Å². The van der Waals surface area contributed by atoms with E-state index in [9.17, 15) is 8.42 Å². The largest absolute Gasteiger partial charge is 0.463 e. The number of fused-ring (bicyclic) bond motifs is 1. The number of furan rings is 1. The third kappa shape index (κ3) is 2.40. The fourth-order valence-electron chi connectivity index (χ4n) is 1.57. The van der Waals surface area contributed by atoms with Gasteiger partial charge < -0.3 is 4.42 Å². The summed E-state index contributed by atoms with van der Waals surface area (Å²) in [7, 11) is -3.10. The molecule has 0 saturated carbocycles. The second kappa shape index (κ2) is 4.46. The fraction of sp³-hybridized carbons (Fsp3) is 0.333. The summed E-state index contributed by atoms with van der Waals surface area (Å²) in [6, 6.07) is 5.61. The zero-order valence-electron chi connectivity index (χ0n) is 9.60. The number of hydrogen-bond donors (Lipinski definition) is 0. The predicted molar refractivity (Wildman–Crippen MR) is 71.7 cm³/mol. The van der Waals surface area contributed by atoms with Gasteiger partial charge in [0.15, 0.2) is 9.84 Å². The smallest absolute Gasteiger partial charge is 0.156 e. The Morgan fingerprint density at radius 3 is 2.71 bits per heavy atom. The zero-order chi connectivity index (χ0) is 12.6. The average Bonchev–Trinajstić information content (AvgIpc) is 2.62. The highest BCUT2D eigenvalue weighted by atomic mass is 79.9. The van der Waals surface area contributed by atoms with E-state index in [0.29, 0.717) is 5.58 Å². The molecule has 17 heavy (non-hydrogen) atoms. The van der Waals surface area contributed by atoms with Gasteiger partial charge >= 0.3 is 0 Å². The second-order valence-corrected chi connectivity index (χ2v) is 7.64. The molecule has 0 saturated heterocycles. The van der Waals surface area contributed by atoms with Crippen LogP contribution in [-0.2, 0) is 15.6 Å². The summed E-state index contributed by atoms with van der Waals surface area (Å²) >= 11 is 3.38. The molecule has 0 atom stereocenters. The van der Waals surface area contributed by atoms with Gasteiger partial charge in [0, 0.05) is 10.9 Å². The Balaban J connectivity index is 2.48. The number of halogens is 1. The molecule has 2 rings (SSSR count). The molecule has 0 amide bonds. The number of hydrogen-bond acceptors (Lipinski definition) is 3. The molecule has 1 heterocycles. The number of para-hydroxylation sites is 1. The van der Waals surface area contributed by atoms with Crippen molar-refractivity contribution in [3.63, 3.8) is 0 Å². The average molecular weight is 317 g/mol. The van der Waals surface area contributed by atoms with E-state index in [1.165, 1.54) is 6.26 Å². The van der Waals surface area contributed by atoms with Gasteiger partial charge in [-0.25, -0.2) is 8.42 Å². The molecule has 92 valence electrons. The maximum Gasteiger partial charge on any atom is 0.156 e. The van der Waals surface area contributed by atoms with Gasteiger partial charge in [0.25, 0.3) is 0 Å². The first kappa shape index (κ1) is 12.6. The molecule has 0 unspecified atom stereocenters. The van der Waals surface area contributed by atoms with Crippen molar-refractivity contribution in [3.05, 3.63) is 34.5 Å². The van der Waals surface area contributed by atoms with Crippen LogP contribution in [0.1, 0.15) is 19.4 Å². The first-order valence-electron chi connectivity index (χ1n) is 5.28. The lowest BCUT2D eigenvalue weighted by molar-refractivity contribution is 0.583. The van der Waals surface area contributed by atoms with Crippen LogP contribution in [0.2, 0.25) is 0 Å². The van der Waals surface area contributed by atoms with Gasteiger partial charge in [-0.3, -0.25) is 0 Å². The van der Waals surface area contributed by atoms with Gasteiger partial charge in [-0.1, -0.05) is 12.1 Å². The van der Waals surface area contributed by atoms with Gasteiger partial charge in [0.05, 0.1) is 21.7 Å². The molecule has 0 radical (unpaired) electrons. The van der Waals surface area contributed by atoms with Crippen molar-refractivity contribution >= 4 is 36.7 Å². The molecular formula is C12H13BrO3S. The Morgan fingerprint density at radius 1 is 1.35 bits per heavy atom. The van der Waals surface area contributed by atoms with Crippen LogP contribution in [-0.4, -0.2) is 13.7 Å². The molecule has 1 aromatic carbocycles. The first-order chi connectivity index (χ1) is 7.92. The van der Waals surface area contributed by atoms with Crippen LogP contribution in [0.3, 0.4) is 0 Å². The summed E-state index contributed by atoms with van der Waals surface area (Å²) in [5.74, 6) is 0.0219. The summed E-state index contributed by atoms with van der Waals surface area (Å²) in [4.78, 5) is 0. The van der Waals surface area contributed by atoms with E-state index in [4.69, 9.17) is 4.42 Å². The van der Waals surface area contributed by atoms with Crippen molar-refractivity contribution < 1.29 is 12.8 Å². The third-order valence-electron chi connectivity index (χ3n) is 2.71. The Hall–Kier alpha value is -0.810. The van der Waals surface area contributed by atoms with Crippen LogP contribution in [0, 0.1) is 0 Å². The van der Waals surface area contributed by atoms with E-state index < -0.39 is 9.84 Å². The molecule has 5 heteroatoms. The summed E-state index contributed by atoms with van der Waals surface area (Å²) in [5, 5.41) is 0.475. The Labute approximate surface area is 109 Å². The number of benzene rings is 1. The highest BCUT2D eigenvalue weighted by Gasteiger charge is 2.20. The van der Waals surface area contributed by atoms with E-state index in [2.05, 4.69) is 15.9 Å². The number of sulfone groups is 1. The van der Waals surface area contributed by atoms with Crippen LogP contribution in [0.15, 0.2) is 33.4 Å². The van der Waals surface area contributed by atoms with Gasteiger partial charge in [0.2, 0.25) is 0 Å². The van der Waals surface area contributed by atoms with E-state index >= 15 is 0 Å². The lowest BCUT2D eigenvalue weighted by atomic mass is 10.2. The minimum absolute atomic E-state index is 0.0219. The van der Waals surface area contributed by atoms with Crippen LogP contribution in [0.4, 0.5) is 0 Å². The highest BCUT2D eigenvalue weighted by molar-refractivity contribution is 9.10. The van der Waals surface area contributed by atoms with Crippen LogP contribution >= 0.6 is 15.9 Å². The minimum Gasteiger partial charge on any atom is -0.463 e. The van der Waals surface area contributed by atoms with Crippen LogP contribution in [0.5, 0.6) is 0 Å². The van der Waals surface area contributed by atoms with Crippen molar-refractivity contribution in [2.45, 2.75) is 24.9 Å². The molecule has 0 aliphatic carbocycles. The van der Waals surface area contributed by atoms with Crippen LogP contribution in [0.25, 0.3) is 11.0 Å². The van der Waals surface area contributed by atoms with Crippen molar-refractivity contribution in [2.24, 2.45) is 0 Å². The van der Waals surface area contributed by atoms with Crippen molar-refractivity contribution in [2.75, 3.05) is 0 Å². The van der Waals surface area contributed by atoms with Gasteiger partial charge in [-0.2, -0.15) is 0 Å². The summed E-state index contributed by atoms with van der Waals surface area (Å²) in [6.45, 7) is 3.38. The molecule has 1 aromatic heterocycles. The van der Waals surface area contributed by atoms with E-state index in [1.807, 2.05) is 18.2 Å². The van der Waals surface area contributed by atoms with Gasteiger partial charge in [0.1, 0.15) is 5.58 Å². The topological polar surface area (TPSA) is 47.3 Å². The lowest BCUT2D eigenvalue weighted by Gasteiger charge is -2.05. The van der Waals surface area contributed by atoms with Gasteiger partial charge in [-0.15, -0.1) is 0 Å². The molecule has 0 aliphatic rings. The SMILES string of the molecule is CC(C)S(=O)(=O)Cc1coc2c(Br)cccc12. The predicted octanol–water partition coefficient (Wildman–Crippen LogP) is 3.52. The van der Waals surface area contributed by atoms with Crippen LogP contribution < -0.4 is 0 Å². The van der Waals surface area contributed by atoms with Crippen molar-refractivity contribution in [3.8, 4) is 0 Å². The van der Waals surface area contributed by atoms with E-state index in [-0.39, 0.29) is 11.0 Å². The normalized spacial score (nSPS) is 12.5. The standard InChI is InChI=1S/C12H13BrO3S/c1-8(2)17(14,15)7-9-6-16-12-10(9)4-3-5-11(12)13/h3-6,8H,7H2,1-2H3. The van der Waals surface area contributed by atoms with E-state index in [0.717, 1.165) is 15.4 Å². The molecule has 0 spiro atoms. The molecule has 0 fully saturated rings. The lowest BCUT2D eigenvalue weighted by Crippen LogP contribution is -2.15. The Morgan fingerprint density at radius 2 is 2.06 bits per heavy atom. The Bertz CT molecular complexity index is 641. The molecule has 2 aromatic rings. The minimum atomic E-state index is -3.10. The maximum absolute atomic E-state index is 11.9. The molecular weight excluding hydrogens is 304 g/mol.